The third-order valence-corrected chi connectivity index (χ3v) is 5.71. The minimum absolute atomic E-state index is 0.0479. The van der Waals surface area contributed by atoms with E-state index in [1.807, 2.05) is 13.0 Å². The molecule has 4 rings (SSSR count). The number of ketones is 1. The summed E-state index contributed by atoms with van der Waals surface area (Å²) in [6.07, 6.45) is 1.57. The number of aliphatic hydroxyl groups excluding tert-OH is 1. The first kappa shape index (κ1) is 23.7. The van der Waals surface area contributed by atoms with E-state index in [1.54, 1.807) is 66.9 Å². The molecule has 0 aliphatic carbocycles. The largest absolute Gasteiger partial charge is 0.507 e. The van der Waals surface area contributed by atoms with E-state index in [4.69, 9.17) is 10.00 Å². The minimum Gasteiger partial charge on any atom is -0.507 e. The van der Waals surface area contributed by atoms with Crippen LogP contribution < -0.4 is 9.64 Å². The van der Waals surface area contributed by atoms with Gasteiger partial charge in [-0.15, -0.1) is 0 Å². The lowest BCUT2D eigenvalue weighted by Crippen LogP contribution is -2.29. The second-order valence-electron chi connectivity index (χ2n) is 8.77. The molecule has 0 bridgehead atoms. The van der Waals surface area contributed by atoms with Crippen LogP contribution in [0, 0.1) is 24.2 Å². The van der Waals surface area contributed by atoms with Gasteiger partial charge in [-0.3, -0.25) is 19.5 Å². The van der Waals surface area contributed by atoms with Crippen molar-refractivity contribution >= 4 is 23.1 Å². The van der Waals surface area contributed by atoms with E-state index in [-0.39, 0.29) is 11.3 Å². The average Bonchev–Trinajstić information content (AvgIpc) is 3.13. The highest BCUT2D eigenvalue weighted by molar-refractivity contribution is 6.51. The standard InChI is InChI=1S/C28H25N3O4/c1-17(2)16-35-23-12-9-20(14-18(23)3)26(32)24-25(22-6-4-5-13-30-22)31(28(34)27(24)33)21-10-7-19(15-29)8-11-21/h4-14,17,25,32H,16H2,1-3H3/b26-24-. The summed E-state index contributed by atoms with van der Waals surface area (Å²) in [7, 11) is 0. The molecule has 3 aromatic rings. The van der Waals surface area contributed by atoms with Crippen LogP contribution in [0.15, 0.2) is 72.4 Å². The van der Waals surface area contributed by atoms with Gasteiger partial charge in [0.25, 0.3) is 11.7 Å². The molecule has 0 saturated carbocycles. The molecule has 176 valence electrons. The van der Waals surface area contributed by atoms with Gasteiger partial charge in [-0.1, -0.05) is 19.9 Å². The zero-order valence-electron chi connectivity index (χ0n) is 19.7. The summed E-state index contributed by atoms with van der Waals surface area (Å²) in [6, 6.07) is 17.8. The van der Waals surface area contributed by atoms with E-state index in [0.29, 0.717) is 40.8 Å². The fraction of sp³-hybridized carbons (Fsp3) is 0.214. The molecule has 0 spiro atoms. The number of hydrogen-bond donors (Lipinski definition) is 1. The smallest absolute Gasteiger partial charge is 0.300 e. The summed E-state index contributed by atoms with van der Waals surface area (Å²) in [5.74, 6) is -0.817. The summed E-state index contributed by atoms with van der Waals surface area (Å²) in [4.78, 5) is 32.1. The van der Waals surface area contributed by atoms with E-state index in [0.717, 1.165) is 5.56 Å². The van der Waals surface area contributed by atoms with Gasteiger partial charge >= 0.3 is 0 Å². The highest BCUT2D eigenvalue weighted by Crippen LogP contribution is 2.41. The highest BCUT2D eigenvalue weighted by Gasteiger charge is 2.47. The number of Topliss-reactive ketones (excluding diaryl/α,β-unsaturated/α-hetero) is 1. The van der Waals surface area contributed by atoms with Gasteiger partial charge in [-0.25, -0.2) is 0 Å². The molecular formula is C28H25N3O4. The first-order valence-electron chi connectivity index (χ1n) is 11.3. The first-order chi connectivity index (χ1) is 16.8. The Balaban J connectivity index is 1.83. The van der Waals surface area contributed by atoms with E-state index in [9.17, 15) is 14.7 Å². The molecule has 1 amide bonds. The fourth-order valence-electron chi connectivity index (χ4n) is 3.98. The van der Waals surface area contributed by atoms with Crippen molar-refractivity contribution in [2.24, 2.45) is 5.92 Å². The van der Waals surface area contributed by atoms with Crippen LogP contribution in [0.5, 0.6) is 5.75 Å². The Hall–Kier alpha value is -4.44. The lowest BCUT2D eigenvalue weighted by atomic mass is 9.97. The second-order valence-corrected chi connectivity index (χ2v) is 8.77. The minimum atomic E-state index is -0.929. The monoisotopic (exact) mass is 467 g/mol. The zero-order chi connectivity index (χ0) is 25.1. The molecule has 1 aliphatic heterocycles. The Bertz CT molecular complexity index is 1340. The number of benzene rings is 2. The number of aryl methyl sites for hydroxylation is 1. The molecule has 2 aromatic carbocycles. The van der Waals surface area contributed by atoms with Gasteiger partial charge in [0.05, 0.1) is 29.5 Å². The van der Waals surface area contributed by atoms with Crippen molar-refractivity contribution in [3.8, 4) is 11.8 Å². The molecule has 7 heteroatoms. The molecule has 1 fully saturated rings. The number of ether oxygens (including phenoxy) is 1. The number of rotatable bonds is 6. The fourth-order valence-corrected chi connectivity index (χ4v) is 3.98. The van der Waals surface area contributed by atoms with Crippen molar-refractivity contribution in [3.05, 3.63) is 94.8 Å². The third kappa shape index (κ3) is 4.64. The van der Waals surface area contributed by atoms with Crippen molar-refractivity contribution in [1.82, 2.24) is 4.98 Å². The van der Waals surface area contributed by atoms with Crippen molar-refractivity contribution in [2.75, 3.05) is 11.5 Å². The molecule has 1 aliphatic rings. The van der Waals surface area contributed by atoms with Crippen molar-refractivity contribution in [3.63, 3.8) is 0 Å². The molecule has 35 heavy (non-hydrogen) atoms. The molecule has 1 unspecified atom stereocenters. The molecule has 1 N–H and O–H groups in total. The van der Waals surface area contributed by atoms with E-state index < -0.39 is 17.7 Å². The normalized spacial score (nSPS) is 17.0. The highest BCUT2D eigenvalue weighted by atomic mass is 16.5. The molecule has 7 nitrogen and oxygen atoms in total. The van der Waals surface area contributed by atoms with Crippen LogP contribution in [0.1, 0.15) is 42.3 Å². The lowest BCUT2D eigenvalue weighted by Gasteiger charge is -2.24. The summed E-state index contributed by atoms with van der Waals surface area (Å²) in [5, 5.41) is 20.4. The number of carbonyl (C=O) groups excluding carboxylic acids is 2. The van der Waals surface area contributed by atoms with Crippen LogP contribution in [0.25, 0.3) is 5.76 Å². The maximum atomic E-state index is 13.2. The number of anilines is 1. The number of hydrogen-bond acceptors (Lipinski definition) is 6. The second kappa shape index (κ2) is 9.82. The quantitative estimate of drug-likeness (QED) is 0.313. The Labute approximate surface area is 203 Å². The van der Waals surface area contributed by atoms with E-state index >= 15 is 0 Å². The molecular weight excluding hydrogens is 442 g/mol. The van der Waals surface area contributed by atoms with Crippen LogP contribution in [0.3, 0.4) is 0 Å². The van der Waals surface area contributed by atoms with Crippen LogP contribution in [-0.2, 0) is 9.59 Å². The summed E-state index contributed by atoms with van der Waals surface area (Å²) >= 11 is 0. The summed E-state index contributed by atoms with van der Waals surface area (Å²) in [6.45, 7) is 6.53. The zero-order valence-corrected chi connectivity index (χ0v) is 19.7. The van der Waals surface area contributed by atoms with E-state index in [2.05, 4.69) is 18.8 Å². The molecule has 1 atom stereocenters. The van der Waals surface area contributed by atoms with Gasteiger partial charge in [0.2, 0.25) is 0 Å². The molecule has 2 heterocycles. The number of pyridine rings is 1. The van der Waals surface area contributed by atoms with Crippen molar-refractivity contribution in [2.45, 2.75) is 26.8 Å². The van der Waals surface area contributed by atoms with Gasteiger partial charge in [0, 0.05) is 17.4 Å². The van der Waals surface area contributed by atoms with Gasteiger partial charge in [0.15, 0.2) is 0 Å². The predicted molar refractivity (Wildman–Crippen MR) is 132 cm³/mol. The Kier molecular flexibility index (Phi) is 6.65. The van der Waals surface area contributed by atoms with Crippen LogP contribution in [0.2, 0.25) is 0 Å². The Morgan fingerprint density at radius 2 is 1.89 bits per heavy atom. The van der Waals surface area contributed by atoms with Crippen LogP contribution >= 0.6 is 0 Å². The molecule has 1 aromatic heterocycles. The number of nitrogens with zero attached hydrogens (tertiary/aromatic N) is 3. The first-order valence-corrected chi connectivity index (χ1v) is 11.3. The lowest BCUT2D eigenvalue weighted by molar-refractivity contribution is -0.132. The number of aliphatic hydroxyl groups is 1. The SMILES string of the molecule is Cc1cc(/C(O)=C2/C(=O)C(=O)N(c3ccc(C#N)cc3)C2c2ccccn2)ccc1OCC(C)C. The van der Waals surface area contributed by atoms with Crippen molar-refractivity contribution < 1.29 is 19.4 Å². The Morgan fingerprint density at radius 3 is 2.49 bits per heavy atom. The number of aromatic nitrogens is 1. The summed E-state index contributed by atoms with van der Waals surface area (Å²) in [5.41, 5.74) is 2.44. The van der Waals surface area contributed by atoms with Gasteiger partial charge in [0.1, 0.15) is 17.6 Å². The van der Waals surface area contributed by atoms with Crippen molar-refractivity contribution in [1.29, 1.82) is 5.26 Å². The maximum absolute atomic E-state index is 13.2. The Morgan fingerprint density at radius 1 is 1.14 bits per heavy atom. The van der Waals surface area contributed by atoms with Gasteiger partial charge in [-0.05, 0) is 73.0 Å². The van der Waals surface area contributed by atoms with E-state index in [1.165, 1.54) is 4.90 Å². The topological polar surface area (TPSA) is 104 Å². The third-order valence-electron chi connectivity index (χ3n) is 5.71. The van der Waals surface area contributed by atoms with Gasteiger partial charge in [-0.2, -0.15) is 5.26 Å². The summed E-state index contributed by atoms with van der Waals surface area (Å²) < 4.78 is 5.82. The molecule has 0 radical (unpaired) electrons. The van der Waals surface area contributed by atoms with Crippen LogP contribution in [0.4, 0.5) is 5.69 Å². The number of nitriles is 1. The number of amides is 1. The molecule has 1 saturated heterocycles. The average molecular weight is 468 g/mol. The predicted octanol–water partition coefficient (Wildman–Crippen LogP) is 4.92. The van der Waals surface area contributed by atoms with Crippen LogP contribution in [-0.4, -0.2) is 28.4 Å². The van der Waals surface area contributed by atoms with Gasteiger partial charge < -0.3 is 9.84 Å². The maximum Gasteiger partial charge on any atom is 0.300 e. The number of carbonyl (C=O) groups is 2.